The van der Waals surface area contributed by atoms with E-state index in [2.05, 4.69) is 0 Å². The van der Waals surface area contributed by atoms with E-state index in [1.807, 2.05) is 0 Å². The van der Waals surface area contributed by atoms with Gasteiger partial charge < -0.3 is 10.0 Å². The molecule has 0 radical (unpaired) electrons. The third-order valence-electron chi connectivity index (χ3n) is 3.29. The smallest absolute Gasteiger partial charge is 0.326 e. The van der Waals surface area contributed by atoms with Crippen LogP contribution in [0.25, 0.3) is 0 Å². The zero-order chi connectivity index (χ0) is 14.9. The number of carbonyl (C=O) groups is 2. The quantitative estimate of drug-likeness (QED) is 0.855. The maximum atomic E-state index is 13.7. The molecule has 0 unspecified atom stereocenters. The first-order valence-electron chi connectivity index (χ1n) is 6.10. The summed E-state index contributed by atoms with van der Waals surface area (Å²) in [5.74, 6) is -3.85. The van der Waals surface area contributed by atoms with Crippen molar-refractivity contribution in [1.82, 2.24) is 4.90 Å². The SMILES string of the molecule is O=C(O)[C@H]1CCCCN1C(=O)c1cc(F)c(Cl)cc1F. The molecule has 0 spiro atoms. The van der Waals surface area contributed by atoms with Crippen molar-refractivity contribution in [2.45, 2.75) is 25.3 Å². The monoisotopic (exact) mass is 303 g/mol. The van der Waals surface area contributed by atoms with Gasteiger partial charge in [-0.2, -0.15) is 0 Å². The lowest BCUT2D eigenvalue weighted by atomic mass is 10.0. The Labute approximate surface area is 118 Å². The van der Waals surface area contributed by atoms with Gasteiger partial charge in [-0.15, -0.1) is 0 Å². The number of nitrogens with zero attached hydrogens (tertiary/aromatic N) is 1. The van der Waals surface area contributed by atoms with Gasteiger partial charge in [0.15, 0.2) is 0 Å². The summed E-state index contributed by atoms with van der Waals surface area (Å²) >= 11 is 5.42. The minimum atomic E-state index is -1.15. The molecule has 7 heteroatoms. The van der Waals surface area contributed by atoms with Gasteiger partial charge in [0.05, 0.1) is 10.6 Å². The first kappa shape index (κ1) is 14.7. The molecular formula is C13H12ClF2NO3. The van der Waals surface area contributed by atoms with Crippen molar-refractivity contribution in [3.8, 4) is 0 Å². The summed E-state index contributed by atoms with van der Waals surface area (Å²) in [5.41, 5.74) is -0.500. The Hall–Kier alpha value is -1.69. The maximum Gasteiger partial charge on any atom is 0.326 e. The number of hydrogen-bond acceptors (Lipinski definition) is 2. The van der Waals surface area contributed by atoms with Crippen molar-refractivity contribution < 1.29 is 23.5 Å². The third-order valence-corrected chi connectivity index (χ3v) is 3.58. The second-order valence-electron chi connectivity index (χ2n) is 4.59. The standard InChI is InChI=1S/C13H12ClF2NO3/c14-8-6-9(15)7(5-10(8)16)12(18)17-4-2-1-3-11(17)13(19)20/h5-6,11H,1-4H2,(H,19,20)/t11-/m1/s1. The fourth-order valence-electron chi connectivity index (χ4n) is 2.27. The van der Waals surface area contributed by atoms with Crippen molar-refractivity contribution >= 4 is 23.5 Å². The molecule has 1 saturated heterocycles. The van der Waals surface area contributed by atoms with Gasteiger partial charge in [-0.3, -0.25) is 4.79 Å². The van der Waals surface area contributed by atoms with Crippen LogP contribution in [0.4, 0.5) is 8.78 Å². The first-order chi connectivity index (χ1) is 9.41. The van der Waals surface area contributed by atoms with Crippen LogP contribution < -0.4 is 0 Å². The Balaban J connectivity index is 2.34. The van der Waals surface area contributed by atoms with Gasteiger partial charge in [-0.1, -0.05) is 11.6 Å². The van der Waals surface area contributed by atoms with Crippen molar-refractivity contribution in [3.05, 3.63) is 34.4 Å². The van der Waals surface area contributed by atoms with E-state index in [0.717, 1.165) is 4.90 Å². The molecule has 1 aromatic carbocycles. The summed E-state index contributed by atoms with van der Waals surface area (Å²) in [6, 6.07) is 0.409. The van der Waals surface area contributed by atoms with Crippen molar-refractivity contribution in [2.75, 3.05) is 6.54 Å². The highest BCUT2D eigenvalue weighted by atomic mass is 35.5. The molecule has 1 atom stereocenters. The molecular weight excluding hydrogens is 292 g/mol. The number of rotatable bonds is 2. The van der Waals surface area contributed by atoms with Crippen LogP contribution in [0.1, 0.15) is 29.6 Å². The normalized spacial score (nSPS) is 18.9. The van der Waals surface area contributed by atoms with Crippen LogP contribution >= 0.6 is 11.6 Å². The zero-order valence-corrected chi connectivity index (χ0v) is 11.2. The second kappa shape index (κ2) is 5.75. The van der Waals surface area contributed by atoms with Crippen molar-refractivity contribution in [3.63, 3.8) is 0 Å². The fourth-order valence-corrected chi connectivity index (χ4v) is 2.42. The molecule has 1 amide bonds. The Bertz CT molecular complexity index is 565. The molecule has 0 aromatic heterocycles. The zero-order valence-electron chi connectivity index (χ0n) is 10.4. The Kier molecular flexibility index (Phi) is 4.23. The number of carbonyl (C=O) groups excluding carboxylic acids is 1. The Morgan fingerprint density at radius 1 is 1.25 bits per heavy atom. The lowest BCUT2D eigenvalue weighted by Crippen LogP contribution is -2.48. The molecule has 1 aliphatic heterocycles. The van der Waals surface area contributed by atoms with Crippen molar-refractivity contribution in [2.24, 2.45) is 0 Å². The van der Waals surface area contributed by atoms with E-state index in [1.165, 1.54) is 0 Å². The number of aliphatic carboxylic acids is 1. The number of halogens is 3. The molecule has 1 heterocycles. The van der Waals surface area contributed by atoms with E-state index in [-0.39, 0.29) is 6.54 Å². The number of piperidine rings is 1. The number of benzene rings is 1. The Morgan fingerprint density at radius 2 is 1.95 bits per heavy atom. The predicted molar refractivity (Wildman–Crippen MR) is 67.7 cm³/mol. The minimum absolute atomic E-state index is 0.208. The molecule has 1 aliphatic rings. The summed E-state index contributed by atoms with van der Waals surface area (Å²) in [4.78, 5) is 24.4. The summed E-state index contributed by atoms with van der Waals surface area (Å²) in [7, 11) is 0. The molecule has 1 aromatic rings. The number of likely N-dealkylation sites (tertiary alicyclic amines) is 1. The Morgan fingerprint density at radius 3 is 2.60 bits per heavy atom. The fraction of sp³-hybridized carbons (Fsp3) is 0.385. The van der Waals surface area contributed by atoms with E-state index < -0.39 is 40.1 Å². The van der Waals surface area contributed by atoms with Gasteiger partial charge in [0.1, 0.15) is 17.7 Å². The average Bonchev–Trinajstić information content (AvgIpc) is 2.42. The van der Waals surface area contributed by atoms with E-state index in [9.17, 15) is 18.4 Å². The van der Waals surface area contributed by atoms with Crippen LogP contribution in [0, 0.1) is 11.6 Å². The van der Waals surface area contributed by atoms with Gasteiger partial charge in [0.25, 0.3) is 5.91 Å². The highest BCUT2D eigenvalue weighted by Gasteiger charge is 2.33. The number of amides is 1. The van der Waals surface area contributed by atoms with Crippen LogP contribution in [0.3, 0.4) is 0 Å². The van der Waals surface area contributed by atoms with Gasteiger partial charge >= 0.3 is 5.97 Å². The van der Waals surface area contributed by atoms with Gasteiger partial charge in [-0.25, -0.2) is 13.6 Å². The first-order valence-corrected chi connectivity index (χ1v) is 6.48. The minimum Gasteiger partial charge on any atom is -0.480 e. The van der Waals surface area contributed by atoms with Crippen LogP contribution in [0.5, 0.6) is 0 Å². The molecule has 0 bridgehead atoms. The highest BCUT2D eigenvalue weighted by Crippen LogP contribution is 2.24. The summed E-state index contributed by atoms with van der Waals surface area (Å²) in [6.45, 7) is 0.208. The topological polar surface area (TPSA) is 57.6 Å². The van der Waals surface area contributed by atoms with E-state index >= 15 is 0 Å². The van der Waals surface area contributed by atoms with Crippen LogP contribution in [0.2, 0.25) is 5.02 Å². The molecule has 20 heavy (non-hydrogen) atoms. The average molecular weight is 304 g/mol. The van der Waals surface area contributed by atoms with Gasteiger partial charge in [0.2, 0.25) is 0 Å². The second-order valence-corrected chi connectivity index (χ2v) is 5.00. The third kappa shape index (κ3) is 2.75. The lowest BCUT2D eigenvalue weighted by molar-refractivity contribution is -0.143. The van der Waals surface area contributed by atoms with E-state index in [0.29, 0.717) is 31.4 Å². The van der Waals surface area contributed by atoms with Crippen molar-refractivity contribution in [1.29, 1.82) is 0 Å². The van der Waals surface area contributed by atoms with Gasteiger partial charge in [0, 0.05) is 6.54 Å². The molecule has 0 saturated carbocycles. The van der Waals surface area contributed by atoms with Gasteiger partial charge in [-0.05, 0) is 31.4 Å². The summed E-state index contributed by atoms with van der Waals surface area (Å²) < 4.78 is 27.1. The number of carboxylic acid groups (broad SMARTS) is 1. The lowest BCUT2D eigenvalue weighted by Gasteiger charge is -2.33. The molecule has 4 nitrogen and oxygen atoms in total. The molecule has 0 aliphatic carbocycles. The van der Waals surface area contributed by atoms with E-state index in [4.69, 9.17) is 16.7 Å². The molecule has 1 N–H and O–H groups in total. The molecule has 2 rings (SSSR count). The molecule has 1 fully saturated rings. The highest BCUT2D eigenvalue weighted by molar-refractivity contribution is 6.30. The van der Waals surface area contributed by atoms with Crippen LogP contribution in [0.15, 0.2) is 12.1 Å². The molecule has 108 valence electrons. The van der Waals surface area contributed by atoms with Crippen LogP contribution in [-0.4, -0.2) is 34.5 Å². The largest absolute Gasteiger partial charge is 0.480 e. The van der Waals surface area contributed by atoms with Crippen LogP contribution in [-0.2, 0) is 4.79 Å². The number of hydrogen-bond donors (Lipinski definition) is 1. The number of carboxylic acids is 1. The summed E-state index contributed by atoms with van der Waals surface area (Å²) in [5, 5.41) is 8.67. The van der Waals surface area contributed by atoms with E-state index in [1.54, 1.807) is 0 Å². The predicted octanol–water partition coefficient (Wildman–Crippen LogP) is 2.70. The summed E-state index contributed by atoms with van der Waals surface area (Å²) in [6.07, 6.45) is 1.62. The maximum absolute atomic E-state index is 13.7.